The Kier molecular flexibility index (Phi) is 4.26. The van der Waals surface area contributed by atoms with Gasteiger partial charge < -0.3 is 16.0 Å². The molecular formula is C16H12ClN5O2. The van der Waals surface area contributed by atoms with Crippen LogP contribution in [0.15, 0.2) is 48.9 Å². The first-order valence-corrected chi connectivity index (χ1v) is 7.29. The number of carbonyl (C=O) groups is 2. The number of rotatable bonds is 4. The third kappa shape index (κ3) is 3.26. The summed E-state index contributed by atoms with van der Waals surface area (Å²) in [7, 11) is 0. The van der Waals surface area contributed by atoms with Gasteiger partial charge in [0.15, 0.2) is 0 Å². The summed E-state index contributed by atoms with van der Waals surface area (Å²) in [6.45, 7) is 0. The second-order valence-corrected chi connectivity index (χ2v) is 5.32. The second kappa shape index (κ2) is 6.51. The van der Waals surface area contributed by atoms with E-state index in [0.717, 1.165) is 0 Å². The van der Waals surface area contributed by atoms with Gasteiger partial charge in [0.1, 0.15) is 17.2 Å². The minimum atomic E-state index is -0.601. The zero-order chi connectivity index (χ0) is 17.1. The van der Waals surface area contributed by atoms with Crippen LogP contribution in [0.3, 0.4) is 0 Å². The van der Waals surface area contributed by atoms with E-state index >= 15 is 0 Å². The van der Waals surface area contributed by atoms with Crippen LogP contribution < -0.4 is 11.1 Å². The first-order valence-electron chi connectivity index (χ1n) is 6.91. The van der Waals surface area contributed by atoms with E-state index in [0.29, 0.717) is 27.7 Å². The molecule has 2 heterocycles. The van der Waals surface area contributed by atoms with Gasteiger partial charge in [-0.3, -0.25) is 9.59 Å². The summed E-state index contributed by atoms with van der Waals surface area (Å²) in [6, 6.07) is 9.78. The van der Waals surface area contributed by atoms with Crippen LogP contribution >= 0.6 is 11.6 Å². The highest BCUT2D eigenvalue weighted by molar-refractivity contribution is 6.30. The molecule has 0 aliphatic heterocycles. The van der Waals surface area contributed by atoms with Crippen molar-refractivity contribution in [3.8, 4) is 11.3 Å². The number of halogens is 1. The molecule has 0 bridgehead atoms. The Labute approximate surface area is 141 Å². The molecule has 0 saturated heterocycles. The summed E-state index contributed by atoms with van der Waals surface area (Å²) >= 11 is 5.85. The molecule has 3 aromatic rings. The van der Waals surface area contributed by atoms with Crippen LogP contribution in [0.25, 0.3) is 11.3 Å². The average Bonchev–Trinajstić information content (AvgIpc) is 3.05. The highest BCUT2D eigenvalue weighted by Gasteiger charge is 2.14. The molecule has 0 unspecified atom stereocenters. The van der Waals surface area contributed by atoms with Gasteiger partial charge in [0, 0.05) is 22.3 Å². The number of hydrogen-bond donors (Lipinski definition) is 3. The summed E-state index contributed by atoms with van der Waals surface area (Å²) in [5.74, 6) is -0.565. The van der Waals surface area contributed by atoms with Gasteiger partial charge >= 0.3 is 0 Å². The Morgan fingerprint density at radius 3 is 2.54 bits per heavy atom. The van der Waals surface area contributed by atoms with E-state index < -0.39 is 5.91 Å². The Balaban J connectivity index is 1.80. The summed E-state index contributed by atoms with van der Waals surface area (Å²) in [5, 5.41) is 3.13. The summed E-state index contributed by atoms with van der Waals surface area (Å²) in [6.07, 6.45) is 2.89. The van der Waals surface area contributed by atoms with Crippen LogP contribution in [0, 0.1) is 0 Å². The normalized spacial score (nSPS) is 10.4. The van der Waals surface area contributed by atoms with Gasteiger partial charge in [-0.1, -0.05) is 23.7 Å². The Morgan fingerprint density at radius 1 is 1.12 bits per heavy atom. The Hall–Kier alpha value is -3.19. The van der Waals surface area contributed by atoms with E-state index in [1.54, 1.807) is 36.4 Å². The molecule has 0 fully saturated rings. The largest absolute Gasteiger partial charge is 0.364 e. The third-order valence-corrected chi connectivity index (χ3v) is 3.50. The van der Waals surface area contributed by atoms with Crippen LogP contribution in [0.1, 0.15) is 20.8 Å². The maximum Gasteiger partial charge on any atom is 0.267 e. The quantitative estimate of drug-likeness (QED) is 0.676. The average molecular weight is 342 g/mol. The number of hydrogen-bond acceptors (Lipinski definition) is 4. The lowest BCUT2D eigenvalue weighted by molar-refractivity contribution is 0.0994. The molecule has 0 radical (unpaired) electrons. The molecular weight excluding hydrogens is 330 g/mol. The van der Waals surface area contributed by atoms with Crippen molar-refractivity contribution in [2.45, 2.75) is 0 Å². The van der Waals surface area contributed by atoms with Crippen LogP contribution in [-0.2, 0) is 0 Å². The van der Waals surface area contributed by atoms with Gasteiger partial charge in [-0.05, 0) is 24.3 Å². The topological polar surface area (TPSA) is 114 Å². The van der Waals surface area contributed by atoms with E-state index in [4.69, 9.17) is 17.3 Å². The van der Waals surface area contributed by atoms with Crippen LogP contribution in [0.2, 0.25) is 5.02 Å². The maximum atomic E-state index is 12.2. The number of aromatic nitrogens is 3. The number of primary amides is 1. The molecule has 0 spiro atoms. The lowest BCUT2D eigenvalue weighted by Gasteiger charge is -2.06. The Bertz CT molecular complexity index is 905. The van der Waals surface area contributed by atoms with Crippen molar-refractivity contribution in [2.24, 2.45) is 5.73 Å². The van der Waals surface area contributed by atoms with Crippen molar-refractivity contribution < 1.29 is 9.59 Å². The zero-order valence-corrected chi connectivity index (χ0v) is 13.0. The number of carbonyl (C=O) groups excluding carboxylic acids is 2. The molecule has 4 N–H and O–H groups in total. The highest BCUT2D eigenvalue weighted by Crippen LogP contribution is 2.21. The summed E-state index contributed by atoms with van der Waals surface area (Å²) < 4.78 is 0. The van der Waals surface area contributed by atoms with Gasteiger partial charge in [-0.2, -0.15) is 0 Å². The van der Waals surface area contributed by atoms with Gasteiger partial charge in [-0.15, -0.1) is 0 Å². The zero-order valence-electron chi connectivity index (χ0n) is 12.3. The van der Waals surface area contributed by atoms with Gasteiger partial charge in [0.2, 0.25) is 0 Å². The van der Waals surface area contributed by atoms with Crippen LogP contribution in [0.4, 0.5) is 5.82 Å². The number of imidazole rings is 1. The lowest BCUT2D eigenvalue weighted by atomic mass is 10.1. The van der Waals surface area contributed by atoms with E-state index in [-0.39, 0.29) is 11.6 Å². The smallest absolute Gasteiger partial charge is 0.267 e. The van der Waals surface area contributed by atoms with Crippen molar-refractivity contribution in [3.05, 3.63) is 65.2 Å². The fourth-order valence-corrected chi connectivity index (χ4v) is 2.30. The number of amides is 2. The highest BCUT2D eigenvalue weighted by atomic mass is 35.5. The van der Waals surface area contributed by atoms with Crippen LogP contribution in [-0.4, -0.2) is 26.8 Å². The summed E-state index contributed by atoms with van der Waals surface area (Å²) in [4.78, 5) is 34.3. The molecule has 3 rings (SSSR count). The van der Waals surface area contributed by atoms with Gasteiger partial charge in [-0.25, -0.2) is 9.97 Å². The minimum absolute atomic E-state index is 0.218. The lowest BCUT2D eigenvalue weighted by Crippen LogP contribution is -2.13. The van der Waals surface area contributed by atoms with Gasteiger partial charge in [0.25, 0.3) is 11.8 Å². The fourth-order valence-electron chi connectivity index (χ4n) is 2.14. The van der Waals surface area contributed by atoms with Gasteiger partial charge in [0.05, 0.1) is 6.33 Å². The monoisotopic (exact) mass is 341 g/mol. The molecule has 7 nitrogen and oxygen atoms in total. The van der Waals surface area contributed by atoms with Crippen molar-refractivity contribution in [3.63, 3.8) is 0 Å². The van der Waals surface area contributed by atoms with E-state index in [2.05, 4.69) is 20.3 Å². The maximum absolute atomic E-state index is 12.2. The molecule has 0 aliphatic rings. The number of nitrogens with zero attached hydrogens (tertiary/aromatic N) is 2. The SMILES string of the molecule is NC(=O)c1[nH]cnc1-c1ccc(C(=O)Nc2cc(Cl)ccn2)cc1. The molecule has 1 aromatic carbocycles. The number of aromatic amines is 1. The number of pyridine rings is 1. The second-order valence-electron chi connectivity index (χ2n) is 4.88. The van der Waals surface area contributed by atoms with Crippen LogP contribution in [0.5, 0.6) is 0 Å². The van der Waals surface area contributed by atoms with Crippen molar-refractivity contribution in [1.82, 2.24) is 15.0 Å². The summed E-state index contributed by atoms with van der Waals surface area (Å²) in [5.41, 5.74) is 7.03. The fraction of sp³-hybridized carbons (Fsp3) is 0. The molecule has 0 aliphatic carbocycles. The number of nitrogens with one attached hydrogen (secondary N) is 2. The molecule has 2 aromatic heterocycles. The first kappa shape index (κ1) is 15.7. The molecule has 0 saturated carbocycles. The number of benzene rings is 1. The number of nitrogens with two attached hydrogens (primary N) is 1. The standard InChI is InChI=1S/C16H12ClN5O2/c17-11-5-6-19-12(7-11)22-16(24)10-3-1-9(2-4-10)13-14(15(18)23)21-8-20-13/h1-8H,(H2,18,23)(H,20,21)(H,19,22,24). The minimum Gasteiger partial charge on any atom is -0.364 e. The predicted molar refractivity (Wildman–Crippen MR) is 89.7 cm³/mol. The number of anilines is 1. The Morgan fingerprint density at radius 2 is 1.88 bits per heavy atom. The molecule has 24 heavy (non-hydrogen) atoms. The molecule has 2 amide bonds. The van der Waals surface area contributed by atoms with Crippen molar-refractivity contribution in [2.75, 3.05) is 5.32 Å². The molecule has 8 heteroatoms. The van der Waals surface area contributed by atoms with E-state index in [1.807, 2.05) is 0 Å². The van der Waals surface area contributed by atoms with E-state index in [1.165, 1.54) is 12.5 Å². The van der Waals surface area contributed by atoms with Crippen molar-refractivity contribution in [1.29, 1.82) is 0 Å². The van der Waals surface area contributed by atoms with E-state index in [9.17, 15) is 9.59 Å². The van der Waals surface area contributed by atoms with Crippen molar-refractivity contribution >= 4 is 29.2 Å². The predicted octanol–water partition coefficient (Wildman–Crippen LogP) is 2.48. The molecule has 0 atom stereocenters. The number of H-pyrrole nitrogens is 1. The molecule has 120 valence electrons. The first-order chi connectivity index (χ1) is 11.5. The third-order valence-electron chi connectivity index (χ3n) is 3.27.